The highest BCUT2D eigenvalue weighted by Crippen LogP contribution is 2.40. The van der Waals surface area contributed by atoms with Crippen molar-refractivity contribution in [1.82, 2.24) is 0 Å². The van der Waals surface area contributed by atoms with E-state index in [4.69, 9.17) is 9.47 Å². The molecule has 0 bridgehead atoms. The second-order valence-electron chi connectivity index (χ2n) is 16.8. The van der Waals surface area contributed by atoms with Crippen LogP contribution in [-0.2, 0) is 35.9 Å². The summed E-state index contributed by atoms with van der Waals surface area (Å²) in [6.45, 7) is 14.2. The van der Waals surface area contributed by atoms with E-state index in [0.717, 1.165) is 67.5 Å². The highest BCUT2D eigenvalue weighted by molar-refractivity contribution is 7.18. The maximum Gasteiger partial charge on any atom is 0.0721 e. The average molecular weight is 891 g/mol. The van der Waals surface area contributed by atoms with Crippen molar-refractivity contribution in [2.75, 3.05) is 9.80 Å². The fraction of sp³-hybridized carbons (Fsp3) is 0.0968. The average Bonchev–Trinajstić information content (AvgIpc) is 3.88. The van der Waals surface area contributed by atoms with Crippen LogP contribution in [0, 0.1) is 13.8 Å². The number of hydrogen-bond acceptors (Lipinski definition) is 5. The van der Waals surface area contributed by atoms with Crippen LogP contribution in [0.1, 0.15) is 44.5 Å². The zero-order valence-electron chi connectivity index (χ0n) is 38.1. The normalized spacial score (nSPS) is 11.0. The lowest BCUT2D eigenvalue weighted by Crippen LogP contribution is -2.10. The third-order valence-electron chi connectivity index (χ3n) is 11.9. The molecule has 0 spiro atoms. The molecule has 0 aliphatic heterocycles. The highest BCUT2D eigenvalue weighted by atomic mass is 32.1. The predicted octanol–water partition coefficient (Wildman–Crippen LogP) is 17.4. The SMILES string of the molecule is C=Cc1ccc(COCc2ccc(N(c3ccc(C)cc3)c3ccc(-c4ccc(-c5ccc(N(c6ccc(C)cc6)c6ccc(COCc7ccc(C=C)cc7)cc6)cc5)s4)cc3)cc2)cc1. The Bertz CT molecular complexity index is 2800. The van der Waals surface area contributed by atoms with Gasteiger partial charge in [-0.05, 0) is 143 Å². The molecule has 1 aromatic heterocycles. The number of benzene rings is 8. The van der Waals surface area contributed by atoms with Crippen LogP contribution in [0.2, 0.25) is 0 Å². The van der Waals surface area contributed by atoms with Crippen LogP contribution in [-0.4, -0.2) is 0 Å². The summed E-state index contributed by atoms with van der Waals surface area (Å²) in [5.41, 5.74) is 18.2. The lowest BCUT2D eigenvalue weighted by Gasteiger charge is -2.26. The van der Waals surface area contributed by atoms with Gasteiger partial charge in [-0.15, -0.1) is 11.3 Å². The Labute approximate surface area is 400 Å². The number of aryl methyl sites for hydroxylation is 2. The molecule has 9 aromatic rings. The number of ether oxygens (including phenoxy) is 2. The van der Waals surface area contributed by atoms with Crippen LogP contribution in [0.25, 0.3) is 33.0 Å². The molecule has 0 N–H and O–H groups in total. The van der Waals surface area contributed by atoms with Crippen molar-refractivity contribution in [1.29, 1.82) is 0 Å². The molecule has 0 aliphatic carbocycles. The van der Waals surface area contributed by atoms with Gasteiger partial charge in [0.2, 0.25) is 0 Å². The minimum Gasteiger partial charge on any atom is -0.372 e. The summed E-state index contributed by atoms with van der Waals surface area (Å²) in [5.74, 6) is 0. The molecule has 0 amide bonds. The quantitative estimate of drug-likeness (QED) is 0.0857. The molecule has 1 heterocycles. The molecule has 0 radical (unpaired) electrons. The van der Waals surface area contributed by atoms with Crippen molar-refractivity contribution in [2.45, 2.75) is 40.3 Å². The predicted molar refractivity (Wildman–Crippen MR) is 284 cm³/mol. The topological polar surface area (TPSA) is 24.9 Å². The summed E-state index contributed by atoms with van der Waals surface area (Å²) in [7, 11) is 0. The van der Waals surface area contributed by atoms with Gasteiger partial charge in [0.25, 0.3) is 0 Å². The van der Waals surface area contributed by atoms with Crippen LogP contribution in [0.4, 0.5) is 34.1 Å². The Kier molecular flexibility index (Phi) is 14.1. The standard InChI is InChI=1S/C62H54N2O2S/c1-5-47-11-15-49(16-12-47)41-65-43-51-19-31-57(32-20-51)63(55-27-7-45(3)8-28-55)59-35-23-53(24-36-59)61-39-40-62(67-61)54-25-37-60(38-26-54)64(56-29-9-46(4)10-30-56)58-33-21-52(22-34-58)44-66-42-50-17-13-48(6-2)14-18-50/h5-40H,1-2,41-44H2,3-4H3. The van der Waals surface area contributed by atoms with Gasteiger partial charge < -0.3 is 19.3 Å². The Balaban J connectivity index is 0.884. The van der Waals surface area contributed by atoms with E-state index < -0.39 is 0 Å². The molecule has 8 aromatic carbocycles. The number of thiophene rings is 1. The minimum absolute atomic E-state index is 0.543. The third kappa shape index (κ3) is 11.1. The smallest absolute Gasteiger partial charge is 0.0721 e. The first-order valence-electron chi connectivity index (χ1n) is 22.7. The zero-order valence-corrected chi connectivity index (χ0v) is 39.0. The molecule has 0 saturated heterocycles. The molecule has 0 saturated carbocycles. The number of hydrogen-bond donors (Lipinski definition) is 0. The minimum atomic E-state index is 0.543. The Morgan fingerprint density at radius 2 is 0.597 bits per heavy atom. The van der Waals surface area contributed by atoms with E-state index in [1.54, 1.807) is 0 Å². The Morgan fingerprint density at radius 3 is 0.881 bits per heavy atom. The molecule has 9 rings (SSSR count). The zero-order chi connectivity index (χ0) is 46.0. The summed E-state index contributed by atoms with van der Waals surface area (Å²) in [6.07, 6.45) is 3.71. The van der Waals surface area contributed by atoms with Gasteiger partial charge in [0.05, 0.1) is 26.4 Å². The van der Waals surface area contributed by atoms with Crippen LogP contribution >= 0.6 is 11.3 Å². The van der Waals surface area contributed by atoms with E-state index in [2.05, 4.69) is 243 Å². The van der Waals surface area contributed by atoms with Gasteiger partial charge in [-0.25, -0.2) is 0 Å². The molecule has 5 heteroatoms. The Hall–Kier alpha value is -7.54. The fourth-order valence-electron chi connectivity index (χ4n) is 8.04. The van der Waals surface area contributed by atoms with Gasteiger partial charge in [-0.1, -0.05) is 158 Å². The number of rotatable bonds is 18. The van der Waals surface area contributed by atoms with Crippen LogP contribution < -0.4 is 9.80 Å². The van der Waals surface area contributed by atoms with Gasteiger partial charge in [-0.3, -0.25) is 0 Å². The summed E-state index contributed by atoms with van der Waals surface area (Å²) < 4.78 is 12.2. The molecule has 0 aliphatic rings. The van der Waals surface area contributed by atoms with Gasteiger partial charge in [-0.2, -0.15) is 0 Å². The summed E-state index contributed by atoms with van der Waals surface area (Å²) in [6, 6.07) is 73.7. The van der Waals surface area contributed by atoms with E-state index in [1.165, 1.54) is 32.0 Å². The third-order valence-corrected chi connectivity index (χ3v) is 13.1. The van der Waals surface area contributed by atoms with E-state index in [1.807, 2.05) is 23.5 Å². The van der Waals surface area contributed by atoms with Gasteiger partial charge >= 0.3 is 0 Å². The number of anilines is 6. The molecular formula is C62H54N2O2S. The van der Waals surface area contributed by atoms with Gasteiger partial charge in [0.15, 0.2) is 0 Å². The molecule has 4 nitrogen and oxygen atoms in total. The summed E-state index contributed by atoms with van der Waals surface area (Å²) in [4.78, 5) is 7.07. The first-order valence-corrected chi connectivity index (χ1v) is 23.5. The second kappa shape index (κ2) is 21.2. The molecular weight excluding hydrogens is 837 g/mol. The summed E-state index contributed by atoms with van der Waals surface area (Å²) >= 11 is 1.81. The van der Waals surface area contributed by atoms with Crippen LogP contribution in [0.15, 0.2) is 219 Å². The largest absolute Gasteiger partial charge is 0.372 e. The van der Waals surface area contributed by atoms with Crippen LogP contribution in [0.5, 0.6) is 0 Å². The van der Waals surface area contributed by atoms with Crippen molar-refractivity contribution >= 4 is 57.6 Å². The Morgan fingerprint density at radius 1 is 0.343 bits per heavy atom. The lowest BCUT2D eigenvalue weighted by atomic mass is 10.1. The van der Waals surface area contributed by atoms with Crippen molar-refractivity contribution in [3.05, 3.63) is 264 Å². The van der Waals surface area contributed by atoms with Gasteiger partial charge in [0.1, 0.15) is 0 Å². The molecule has 0 atom stereocenters. The van der Waals surface area contributed by atoms with Crippen molar-refractivity contribution in [3.8, 4) is 20.9 Å². The maximum absolute atomic E-state index is 6.08. The maximum atomic E-state index is 6.08. The second-order valence-corrected chi connectivity index (χ2v) is 17.9. The first-order chi connectivity index (χ1) is 32.9. The first kappa shape index (κ1) is 44.7. The molecule has 330 valence electrons. The fourth-order valence-corrected chi connectivity index (χ4v) is 9.05. The molecule has 0 fully saturated rings. The van der Waals surface area contributed by atoms with Crippen molar-refractivity contribution in [2.24, 2.45) is 0 Å². The van der Waals surface area contributed by atoms with Gasteiger partial charge in [0, 0.05) is 43.9 Å². The summed E-state index contributed by atoms with van der Waals surface area (Å²) in [5, 5.41) is 0. The van der Waals surface area contributed by atoms with E-state index in [-0.39, 0.29) is 0 Å². The monoisotopic (exact) mass is 890 g/mol. The highest BCUT2D eigenvalue weighted by Gasteiger charge is 2.16. The molecule has 0 unspecified atom stereocenters. The van der Waals surface area contributed by atoms with Crippen molar-refractivity contribution < 1.29 is 9.47 Å². The molecule has 67 heavy (non-hydrogen) atoms. The van der Waals surface area contributed by atoms with E-state index in [9.17, 15) is 0 Å². The van der Waals surface area contributed by atoms with Crippen molar-refractivity contribution in [3.63, 3.8) is 0 Å². The number of nitrogens with zero attached hydrogens (tertiary/aromatic N) is 2. The lowest BCUT2D eigenvalue weighted by molar-refractivity contribution is 0.107. The van der Waals surface area contributed by atoms with E-state index in [0.29, 0.717) is 26.4 Å². The van der Waals surface area contributed by atoms with Crippen LogP contribution in [0.3, 0.4) is 0 Å². The van der Waals surface area contributed by atoms with E-state index >= 15 is 0 Å².